The molecule has 1 aromatic rings. The van der Waals surface area contributed by atoms with E-state index < -0.39 is 0 Å². The first-order valence-corrected chi connectivity index (χ1v) is 11.5. The summed E-state index contributed by atoms with van der Waals surface area (Å²) >= 11 is 1.77. The van der Waals surface area contributed by atoms with Crippen LogP contribution in [0.1, 0.15) is 57.7 Å². The Labute approximate surface area is 192 Å². The third kappa shape index (κ3) is 6.83. The average molecular weight is 520 g/mol. The molecule has 0 aromatic carbocycles. The monoisotopic (exact) mass is 519 g/mol. The summed E-state index contributed by atoms with van der Waals surface area (Å²) in [4.78, 5) is 14.8. The van der Waals surface area contributed by atoms with E-state index in [1.54, 1.807) is 11.3 Å². The average Bonchev–Trinajstić information content (AvgIpc) is 3.35. The number of rotatable bonds is 6. The van der Waals surface area contributed by atoms with Crippen molar-refractivity contribution >= 4 is 41.3 Å². The number of likely N-dealkylation sites (tertiary alicyclic amines) is 2. The third-order valence-corrected chi connectivity index (χ3v) is 6.45. The van der Waals surface area contributed by atoms with Gasteiger partial charge in [-0.1, -0.05) is 20.8 Å². The first-order chi connectivity index (χ1) is 13.0. The van der Waals surface area contributed by atoms with Gasteiger partial charge in [0.25, 0.3) is 0 Å². The van der Waals surface area contributed by atoms with Crippen molar-refractivity contribution in [3.05, 3.63) is 16.1 Å². The largest absolute Gasteiger partial charge is 0.357 e. The minimum Gasteiger partial charge on any atom is -0.357 e. The molecule has 0 spiro atoms. The van der Waals surface area contributed by atoms with Crippen LogP contribution >= 0.6 is 35.3 Å². The molecule has 0 radical (unpaired) electrons. The zero-order chi connectivity index (χ0) is 19.3. The van der Waals surface area contributed by atoms with E-state index in [0.717, 1.165) is 44.5 Å². The van der Waals surface area contributed by atoms with E-state index in [1.165, 1.54) is 49.6 Å². The summed E-state index contributed by atoms with van der Waals surface area (Å²) in [6, 6.07) is 0. The molecule has 0 saturated carbocycles. The molecule has 2 fully saturated rings. The number of hydrogen-bond donors (Lipinski definition) is 1. The number of nitrogens with zero attached hydrogens (tertiary/aromatic N) is 4. The van der Waals surface area contributed by atoms with Gasteiger partial charge in [-0.25, -0.2) is 4.98 Å². The van der Waals surface area contributed by atoms with Crippen molar-refractivity contribution < 1.29 is 0 Å². The fraction of sp³-hybridized carbons (Fsp3) is 0.810. The van der Waals surface area contributed by atoms with Gasteiger partial charge in [0.05, 0.1) is 10.7 Å². The Bertz CT molecular complexity index is 619. The Hall–Kier alpha value is -0.410. The number of guanidine groups is 1. The Morgan fingerprint density at radius 2 is 2.04 bits per heavy atom. The molecule has 2 aliphatic heterocycles. The summed E-state index contributed by atoms with van der Waals surface area (Å²) in [6.07, 6.45) is 4.99. The highest BCUT2D eigenvalue weighted by molar-refractivity contribution is 14.0. The minimum absolute atomic E-state index is 0. The number of aromatic nitrogens is 1. The molecule has 2 aliphatic rings. The smallest absolute Gasteiger partial charge is 0.193 e. The summed E-state index contributed by atoms with van der Waals surface area (Å²) < 4.78 is 0. The van der Waals surface area contributed by atoms with Crippen molar-refractivity contribution in [3.63, 3.8) is 0 Å². The van der Waals surface area contributed by atoms with E-state index in [-0.39, 0.29) is 29.4 Å². The molecule has 1 atom stereocenters. The Kier molecular flexibility index (Phi) is 9.47. The number of halogens is 1. The highest BCUT2D eigenvalue weighted by atomic mass is 127. The van der Waals surface area contributed by atoms with Crippen LogP contribution in [0, 0.1) is 5.92 Å². The third-order valence-electron chi connectivity index (χ3n) is 5.54. The maximum Gasteiger partial charge on any atom is 0.193 e. The molecule has 5 nitrogen and oxygen atoms in total. The number of aliphatic imine (C=N–C) groups is 1. The van der Waals surface area contributed by atoms with Gasteiger partial charge in [0, 0.05) is 49.9 Å². The maximum absolute atomic E-state index is 4.91. The highest BCUT2D eigenvalue weighted by Gasteiger charge is 2.27. The highest BCUT2D eigenvalue weighted by Crippen LogP contribution is 2.24. The molecule has 3 rings (SSSR count). The van der Waals surface area contributed by atoms with Crippen molar-refractivity contribution in [1.82, 2.24) is 20.1 Å². The van der Waals surface area contributed by atoms with Crippen molar-refractivity contribution in [3.8, 4) is 0 Å². The van der Waals surface area contributed by atoms with Crippen LogP contribution in [0.3, 0.4) is 0 Å². The fourth-order valence-electron chi connectivity index (χ4n) is 3.96. The number of hydrogen-bond acceptors (Lipinski definition) is 4. The van der Waals surface area contributed by atoms with Crippen molar-refractivity contribution in [2.75, 3.05) is 45.8 Å². The minimum atomic E-state index is 0. The molecule has 2 saturated heterocycles. The lowest BCUT2D eigenvalue weighted by Crippen LogP contribution is -2.41. The van der Waals surface area contributed by atoms with Gasteiger partial charge >= 0.3 is 0 Å². The molecule has 7 heteroatoms. The molecule has 1 unspecified atom stereocenters. The normalized spacial score (nSPS) is 21.2. The van der Waals surface area contributed by atoms with Gasteiger partial charge in [0.15, 0.2) is 5.96 Å². The lowest BCUT2D eigenvalue weighted by atomic mass is 9.93. The van der Waals surface area contributed by atoms with Crippen LogP contribution in [0.2, 0.25) is 0 Å². The first-order valence-electron chi connectivity index (χ1n) is 10.7. The SMILES string of the molecule is CCNC(=NCCc1nc(C(C)(C)C)cs1)N1CCC(CN2CCCC2)C1.I. The summed E-state index contributed by atoms with van der Waals surface area (Å²) in [5.74, 6) is 1.88. The quantitative estimate of drug-likeness (QED) is 0.351. The predicted octanol–water partition coefficient (Wildman–Crippen LogP) is 3.98. The molecule has 1 aromatic heterocycles. The topological polar surface area (TPSA) is 43.8 Å². The molecule has 1 N–H and O–H groups in total. The molecular formula is C21H38IN5S. The Morgan fingerprint density at radius 3 is 2.68 bits per heavy atom. The van der Waals surface area contributed by atoms with Gasteiger partial charge in [-0.05, 0) is 45.2 Å². The zero-order valence-electron chi connectivity index (χ0n) is 18.0. The molecule has 0 bridgehead atoms. The van der Waals surface area contributed by atoms with Crippen molar-refractivity contribution in [1.29, 1.82) is 0 Å². The lowest BCUT2D eigenvalue weighted by Gasteiger charge is -2.23. The number of thiazole rings is 1. The lowest BCUT2D eigenvalue weighted by molar-refractivity contribution is 0.281. The second kappa shape index (κ2) is 11.1. The van der Waals surface area contributed by atoms with Crippen molar-refractivity contribution in [2.24, 2.45) is 10.9 Å². The first kappa shape index (κ1) is 23.9. The van der Waals surface area contributed by atoms with Gasteiger partial charge in [-0.15, -0.1) is 35.3 Å². The Balaban J connectivity index is 0.00000280. The van der Waals surface area contributed by atoms with Crippen LogP contribution in [0.4, 0.5) is 0 Å². The molecule has 28 heavy (non-hydrogen) atoms. The summed E-state index contributed by atoms with van der Waals surface area (Å²) in [6.45, 7) is 16.7. The van der Waals surface area contributed by atoms with E-state index in [2.05, 4.69) is 48.2 Å². The van der Waals surface area contributed by atoms with Crippen LogP contribution in [0.5, 0.6) is 0 Å². The van der Waals surface area contributed by atoms with Gasteiger partial charge in [-0.2, -0.15) is 0 Å². The van der Waals surface area contributed by atoms with Crippen molar-refractivity contribution in [2.45, 2.75) is 58.8 Å². The van der Waals surface area contributed by atoms with E-state index in [0.29, 0.717) is 0 Å². The Morgan fingerprint density at radius 1 is 1.29 bits per heavy atom. The van der Waals surface area contributed by atoms with Crippen LogP contribution in [-0.4, -0.2) is 66.6 Å². The molecule has 0 aliphatic carbocycles. The molecular weight excluding hydrogens is 481 g/mol. The molecule has 3 heterocycles. The van der Waals surface area contributed by atoms with Gasteiger partial charge in [0.2, 0.25) is 0 Å². The van der Waals surface area contributed by atoms with E-state index in [1.807, 2.05) is 0 Å². The summed E-state index contributed by atoms with van der Waals surface area (Å²) in [5, 5.41) is 6.90. The summed E-state index contributed by atoms with van der Waals surface area (Å²) in [7, 11) is 0. The fourth-order valence-corrected chi connectivity index (χ4v) is 4.97. The second-order valence-corrected chi connectivity index (χ2v) is 9.91. The standard InChI is InChI=1S/C21H37N5S.HI/c1-5-22-20(23-10-8-19-24-18(16-27-19)21(2,3)4)26-13-9-17(15-26)14-25-11-6-7-12-25;/h16-17H,5-15H2,1-4H3,(H,22,23);1H. The maximum atomic E-state index is 4.91. The van der Waals surface area contributed by atoms with E-state index in [9.17, 15) is 0 Å². The predicted molar refractivity (Wildman–Crippen MR) is 131 cm³/mol. The van der Waals surface area contributed by atoms with Crippen LogP contribution in [-0.2, 0) is 11.8 Å². The van der Waals surface area contributed by atoms with Crippen LogP contribution in [0.15, 0.2) is 10.4 Å². The van der Waals surface area contributed by atoms with E-state index >= 15 is 0 Å². The van der Waals surface area contributed by atoms with Crippen LogP contribution < -0.4 is 5.32 Å². The zero-order valence-corrected chi connectivity index (χ0v) is 21.2. The summed E-state index contributed by atoms with van der Waals surface area (Å²) in [5.41, 5.74) is 1.33. The van der Waals surface area contributed by atoms with Gasteiger partial charge in [-0.3, -0.25) is 4.99 Å². The molecule has 0 amide bonds. The molecule has 160 valence electrons. The second-order valence-electron chi connectivity index (χ2n) is 8.97. The number of nitrogens with one attached hydrogen (secondary N) is 1. The van der Waals surface area contributed by atoms with Crippen LogP contribution in [0.25, 0.3) is 0 Å². The van der Waals surface area contributed by atoms with E-state index in [4.69, 9.17) is 9.98 Å². The van der Waals surface area contributed by atoms with Gasteiger partial charge in [0.1, 0.15) is 0 Å². The van der Waals surface area contributed by atoms with Gasteiger partial charge < -0.3 is 15.1 Å².